The van der Waals surface area contributed by atoms with Crippen LogP contribution in [0.25, 0.3) is 0 Å². The second-order valence-corrected chi connectivity index (χ2v) is 11.9. The van der Waals surface area contributed by atoms with Gasteiger partial charge in [0, 0.05) is 0 Å². The Hall–Kier alpha value is -2.20. The minimum Gasteiger partial charge on any atom is -0.465 e. The van der Waals surface area contributed by atoms with E-state index in [2.05, 4.69) is 0 Å². The van der Waals surface area contributed by atoms with Gasteiger partial charge < -0.3 is 28.4 Å². The zero-order valence-corrected chi connectivity index (χ0v) is 24.7. The Kier molecular flexibility index (Phi) is 12.3. The molecule has 8 atom stereocenters. The van der Waals surface area contributed by atoms with Gasteiger partial charge in [-0.2, -0.15) is 0 Å². The van der Waals surface area contributed by atoms with Crippen molar-refractivity contribution in [2.24, 2.45) is 23.7 Å². The number of carbonyl (C=O) groups excluding carboxylic acids is 4. The Labute approximate surface area is 243 Å². The molecule has 10 nitrogen and oxygen atoms in total. The summed E-state index contributed by atoms with van der Waals surface area (Å²) in [5.74, 6) is -3.26. The molecule has 0 amide bonds. The number of fused-ring (bicyclic) bond motifs is 2. The van der Waals surface area contributed by atoms with Crippen LogP contribution in [-0.2, 0) is 47.6 Å². The summed E-state index contributed by atoms with van der Waals surface area (Å²) in [6.45, 7) is 5.47. The molecular weight excluding hydrogens is 532 g/mol. The Morgan fingerprint density at radius 2 is 0.732 bits per heavy atom. The lowest BCUT2D eigenvalue weighted by molar-refractivity contribution is -0.162. The van der Waals surface area contributed by atoms with Gasteiger partial charge in [0.2, 0.25) is 0 Å². The standard InChI is InChI=1S/C31H48O10/c1-3-5-12-36-28(32)20-16-24-26(40-24)18-22(20)30(34)38-14-10-8-7-9-11-15-39-31(35)23-19-27-25(41-27)17-21(23)29(33)37-13-6-4-2/h20-27H,3-19H2,1-2H3. The predicted octanol–water partition coefficient (Wildman–Crippen LogP) is 4.30. The highest BCUT2D eigenvalue weighted by atomic mass is 16.6. The van der Waals surface area contributed by atoms with Crippen molar-refractivity contribution in [2.45, 2.75) is 122 Å². The van der Waals surface area contributed by atoms with Gasteiger partial charge in [-0.15, -0.1) is 0 Å². The van der Waals surface area contributed by atoms with Crippen molar-refractivity contribution in [2.75, 3.05) is 26.4 Å². The van der Waals surface area contributed by atoms with Crippen LogP contribution in [0.15, 0.2) is 0 Å². The highest BCUT2D eigenvalue weighted by molar-refractivity contribution is 5.83. The molecule has 4 fully saturated rings. The Morgan fingerprint density at radius 1 is 0.463 bits per heavy atom. The zero-order chi connectivity index (χ0) is 29.2. The number of carbonyl (C=O) groups is 4. The minimum atomic E-state index is -0.498. The van der Waals surface area contributed by atoms with E-state index < -0.39 is 23.7 Å². The van der Waals surface area contributed by atoms with E-state index in [9.17, 15) is 19.2 Å². The van der Waals surface area contributed by atoms with Gasteiger partial charge in [-0.1, -0.05) is 46.0 Å². The molecule has 4 aliphatic rings. The molecule has 41 heavy (non-hydrogen) atoms. The van der Waals surface area contributed by atoms with Crippen LogP contribution >= 0.6 is 0 Å². The van der Waals surface area contributed by atoms with Crippen LogP contribution < -0.4 is 0 Å². The summed E-state index contributed by atoms with van der Waals surface area (Å²) in [7, 11) is 0. The second kappa shape index (κ2) is 15.9. The van der Waals surface area contributed by atoms with Gasteiger partial charge in [0.1, 0.15) is 0 Å². The average molecular weight is 581 g/mol. The summed E-state index contributed by atoms with van der Waals surface area (Å²) < 4.78 is 33.0. The zero-order valence-electron chi connectivity index (χ0n) is 24.7. The quantitative estimate of drug-likeness (QED) is 0.100. The monoisotopic (exact) mass is 580 g/mol. The van der Waals surface area contributed by atoms with Crippen molar-refractivity contribution in [3.8, 4) is 0 Å². The third-order valence-corrected chi connectivity index (χ3v) is 8.76. The fourth-order valence-corrected chi connectivity index (χ4v) is 6.03. The normalized spacial score (nSPS) is 31.3. The molecule has 232 valence electrons. The highest BCUT2D eigenvalue weighted by Crippen LogP contribution is 2.45. The van der Waals surface area contributed by atoms with Gasteiger partial charge in [-0.25, -0.2) is 0 Å². The number of esters is 4. The van der Waals surface area contributed by atoms with Crippen LogP contribution in [-0.4, -0.2) is 74.7 Å². The topological polar surface area (TPSA) is 130 Å². The molecule has 2 saturated carbocycles. The Morgan fingerprint density at radius 3 is 1.02 bits per heavy atom. The molecule has 8 unspecified atom stereocenters. The Balaban J connectivity index is 1.06. The third-order valence-electron chi connectivity index (χ3n) is 8.76. The summed E-state index contributed by atoms with van der Waals surface area (Å²) in [6, 6.07) is 0. The highest BCUT2D eigenvalue weighted by Gasteiger charge is 2.54. The predicted molar refractivity (Wildman–Crippen MR) is 146 cm³/mol. The summed E-state index contributed by atoms with van der Waals surface area (Å²) in [5.41, 5.74) is 0. The van der Waals surface area contributed by atoms with Gasteiger partial charge >= 0.3 is 23.9 Å². The minimum absolute atomic E-state index is 0.0592. The molecule has 10 heteroatoms. The van der Waals surface area contributed by atoms with Crippen LogP contribution in [0, 0.1) is 23.7 Å². The second-order valence-electron chi connectivity index (χ2n) is 11.9. The molecule has 0 aromatic heterocycles. The molecule has 0 radical (unpaired) electrons. The van der Waals surface area contributed by atoms with E-state index in [0.29, 0.717) is 52.1 Å². The van der Waals surface area contributed by atoms with Crippen LogP contribution in [0.3, 0.4) is 0 Å². The smallest absolute Gasteiger partial charge is 0.309 e. The number of unbranched alkanes of at least 4 members (excludes halogenated alkanes) is 6. The van der Waals surface area contributed by atoms with Gasteiger partial charge in [0.25, 0.3) is 0 Å². The molecule has 2 aliphatic heterocycles. The molecule has 0 aromatic rings. The van der Waals surface area contributed by atoms with Crippen molar-refractivity contribution in [3.63, 3.8) is 0 Å². The molecule has 4 rings (SSSR count). The first-order valence-electron chi connectivity index (χ1n) is 15.9. The number of hydrogen-bond acceptors (Lipinski definition) is 10. The van der Waals surface area contributed by atoms with Crippen LogP contribution in [0.4, 0.5) is 0 Å². The number of hydrogen-bond donors (Lipinski definition) is 0. The van der Waals surface area contributed by atoms with Crippen molar-refractivity contribution >= 4 is 23.9 Å². The summed E-state index contributed by atoms with van der Waals surface area (Å²) in [4.78, 5) is 50.6. The summed E-state index contributed by atoms with van der Waals surface area (Å²) >= 11 is 0. The van der Waals surface area contributed by atoms with E-state index >= 15 is 0 Å². The number of rotatable bonds is 18. The Bertz CT molecular complexity index is 820. The maximum atomic E-state index is 12.8. The van der Waals surface area contributed by atoms with Gasteiger partial charge in [0.15, 0.2) is 0 Å². The van der Waals surface area contributed by atoms with Gasteiger partial charge in [0.05, 0.1) is 74.5 Å². The van der Waals surface area contributed by atoms with E-state index in [0.717, 1.165) is 57.8 Å². The lowest BCUT2D eigenvalue weighted by Gasteiger charge is -2.26. The molecule has 0 aromatic carbocycles. The third kappa shape index (κ3) is 9.40. The number of ether oxygens (including phenoxy) is 6. The van der Waals surface area contributed by atoms with E-state index in [1.165, 1.54) is 0 Å². The molecule has 0 N–H and O–H groups in total. The van der Waals surface area contributed by atoms with Crippen molar-refractivity contribution < 1.29 is 47.6 Å². The van der Waals surface area contributed by atoms with Crippen LogP contribution in [0.2, 0.25) is 0 Å². The van der Waals surface area contributed by atoms with Crippen molar-refractivity contribution in [1.82, 2.24) is 0 Å². The maximum absolute atomic E-state index is 12.8. The lowest BCUT2D eigenvalue weighted by Crippen LogP contribution is -2.37. The fourth-order valence-electron chi connectivity index (χ4n) is 6.03. The summed E-state index contributed by atoms with van der Waals surface area (Å²) in [5, 5.41) is 0. The summed E-state index contributed by atoms with van der Waals surface area (Å²) in [6.07, 6.45) is 10.0. The lowest BCUT2D eigenvalue weighted by atomic mass is 9.79. The van der Waals surface area contributed by atoms with E-state index in [1.54, 1.807) is 0 Å². The van der Waals surface area contributed by atoms with Crippen LogP contribution in [0.5, 0.6) is 0 Å². The number of epoxide rings is 2. The molecule has 2 saturated heterocycles. The first-order chi connectivity index (χ1) is 19.9. The van der Waals surface area contributed by atoms with E-state index in [1.807, 2.05) is 13.8 Å². The first-order valence-corrected chi connectivity index (χ1v) is 15.9. The molecule has 0 spiro atoms. The van der Waals surface area contributed by atoms with Gasteiger partial charge in [-0.05, 0) is 51.4 Å². The SMILES string of the molecule is CCCCOC(=O)C1CC2OC2CC1C(=O)OCCCCCCCOC(=O)C1CC2OC2CC1C(=O)OCCCC. The van der Waals surface area contributed by atoms with Gasteiger partial charge in [-0.3, -0.25) is 19.2 Å². The van der Waals surface area contributed by atoms with Crippen molar-refractivity contribution in [1.29, 1.82) is 0 Å². The van der Waals surface area contributed by atoms with Crippen molar-refractivity contribution in [3.05, 3.63) is 0 Å². The van der Waals surface area contributed by atoms with Crippen LogP contribution in [0.1, 0.15) is 97.3 Å². The molecule has 2 aliphatic carbocycles. The molecule has 2 heterocycles. The first kappa shape index (κ1) is 31.7. The average Bonchev–Trinajstić information content (AvgIpc) is 3.89. The van der Waals surface area contributed by atoms with E-state index in [4.69, 9.17) is 28.4 Å². The van der Waals surface area contributed by atoms with E-state index in [-0.39, 0.29) is 48.3 Å². The largest absolute Gasteiger partial charge is 0.465 e. The molecule has 0 bridgehead atoms. The maximum Gasteiger partial charge on any atom is 0.309 e. The molecular formula is C31H48O10. The fraction of sp³-hybridized carbons (Fsp3) is 0.871.